The molecule has 2 N–H and O–H groups in total. The predicted molar refractivity (Wildman–Crippen MR) is 72.3 cm³/mol. The fourth-order valence-corrected chi connectivity index (χ4v) is 1.83. The number of rotatable bonds is 1. The van der Waals surface area contributed by atoms with Crippen LogP contribution in [0.25, 0.3) is 0 Å². The standard InChI is InChI=1S/C13H18FNOSi/c1-9-12(16-2)8-11(15)10(13(9)14)6-7-17(3,4)5/h8H,15H2,1-5H3. The highest BCUT2D eigenvalue weighted by Gasteiger charge is 2.14. The van der Waals surface area contributed by atoms with Gasteiger partial charge in [-0.3, -0.25) is 0 Å². The predicted octanol–water partition coefficient (Wildman–Crippen LogP) is 2.95. The van der Waals surface area contributed by atoms with Gasteiger partial charge in [0.05, 0.1) is 18.4 Å². The molecule has 2 nitrogen and oxygen atoms in total. The first-order chi connectivity index (χ1) is 7.76. The fourth-order valence-electron chi connectivity index (χ4n) is 1.33. The molecule has 4 heteroatoms. The molecule has 0 radical (unpaired) electrons. The van der Waals surface area contributed by atoms with E-state index in [2.05, 4.69) is 31.1 Å². The Hall–Kier alpha value is -1.47. The molecule has 0 amide bonds. The van der Waals surface area contributed by atoms with Crippen LogP contribution in [0.1, 0.15) is 11.1 Å². The number of hydrogen-bond acceptors (Lipinski definition) is 2. The maximum atomic E-state index is 14.0. The Bertz CT molecular complexity index is 495. The van der Waals surface area contributed by atoms with Crippen LogP contribution >= 0.6 is 0 Å². The van der Waals surface area contributed by atoms with E-state index in [4.69, 9.17) is 10.5 Å². The number of ether oxygens (including phenoxy) is 1. The van der Waals surface area contributed by atoms with Crippen LogP contribution in [0.15, 0.2) is 6.07 Å². The quantitative estimate of drug-likeness (QED) is 0.473. The molecule has 0 atom stereocenters. The molecule has 0 aliphatic heterocycles. The van der Waals surface area contributed by atoms with Crippen LogP contribution in [0.4, 0.5) is 10.1 Å². The molecule has 1 rings (SSSR count). The van der Waals surface area contributed by atoms with Gasteiger partial charge in [-0.05, 0) is 6.92 Å². The number of methoxy groups -OCH3 is 1. The van der Waals surface area contributed by atoms with E-state index >= 15 is 0 Å². The molecule has 17 heavy (non-hydrogen) atoms. The lowest BCUT2D eigenvalue weighted by Crippen LogP contribution is -2.16. The van der Waals surface area contributed by atoms with Crippen molar-refractivity contribution in [1.29, 1.82) is 0 Å². The molecule has 0 heterocycles. The molecule has 0 aromatic heterocycles. The summed E-state index contributed by atoms with van der Waals surface area (Å²) in [7, 11) is -0.0451. The topological polar surface area (TPSA) is 35.2 Å². The van der Waals surface area contributed by atoms with Crippen LogP contribution in [0.5, 0.6) is 5.75 Å². The van der Waals surface area contributed by atoms with E-state index in [9.17, 15) is 4.39 Å². The van der Waals surface area contributed by atoms with E-state index in [1.54, 1.807) is 13.0 Å². The number of nitrogen functional groups attached to an aromatic ring is 1. The summed E-state index contributed by atoms with van der Waals surface area (Å²) in [4.78, 5) is 0. The molecule has 0 aliphatic carbocycles. The van der Waals surface area contributed by atoms with E-state index in [0.29, 0.717) is 17.0 Å². The van der Waals surface area contributed by atoms with Gasteiger partial charge in [-0.1, -0.05) is 25.6 Å². The average Bonchev–Trinajstić information content (AvgIpc) is 2.21. The molecule has 0 bridgehead atoms. The maximum Gasteiger partial charge on any atom is 0.147 e. The molecule has 0 saturated carbocycles. The lowest BCUT2D eigenvalue weighted by atomic mass is 10.1. The van der Waals surface area contributed by atoms with Gasteiger partial charge in [0.15, 0.2) is 0 Å². The van der Waals surface area contributed by atoms with E-state index < -0.39 is 8.07 Å². The highest BCUT2D eigenvalue weighted by atomic mass is 28.3. The number of halogens is 1. The van der Waals surface area contributed by atoms with Gasteiger partial charge in [0.2, 0.25) is 0 Å². The van der Waals surface area contributed by atoms with Gasteiger partial charge in [-0.2, -0.15) is 0 Å². The fraction of sp³-hybridized carbons (Fsp3) is 0.385. The Balaban J connectivity index is 3.35. The Morgan fingerprint density at radius 2 is 1.94 bits per heavy atom. The monoisotopic (exact) mass is 251 g/mol. The van der Waals surface area contributed by atoms with E-state index in [-0.39, 0.29) is 11.4 Å². The molecule has 0 fully saturated rings. The molecule has 1 aromatic rings. The van der Waals surface area contributed by atoms with Gasteiger partial charge < -0.3 is 10.5 Å². The zero-order valence-corrected chi connectivity index (χ0v) is 11.9. The summed E-state index contributed by atoms with van der Waals surface area (Å²) in [5.41, 5.74) is 9.96. The van der Waals surface area contributed by atoms with Crippen LogP contribution in [0.2, 0.25) is 19.6 Å². The first-order valence-electron chi connectivity index (χ1n) is 5.42. The number of anilines is 1. The minimum atomic E-state index is -1.54. The molecule has 0 unspecified atom stereocenters. The Morgan fingerprint density at radius 1 is 1.35 bits per heavy atom. The third-order valence-electron chi connectivity index (χ3n) is 2.28. The molecule has 92 valence electrons. The average molecular weight is 251 g/mol. The second-order valence-corrected chi connectivity index (χ2v) is 9.73. The minimum Gasteiger partial charge on any atom is -0.496 e. The SMILES string of the molecule is COc1cc(N)c(C#C[Si](C)(C)C)c(F)c1C. The summed E-state index contributed by atoms with van der Waals surface area (Å²) < 4.78 is 19.1. The van der Waals surface area contributed by atoms with Crippen molar-refractivity contribution in [3.8, 4) is 17.2 Å². The highest BCUT2D eigenvalue weighted by Crippen LogP contribution is 2.28. The van der Waals surface area contributed by atoms with Crippen molar-refractivity contribution >= 4 is 13.8 Å². The Labute approximate surface area is 103 Å². The van der Waals surface area contributed by atoms with Crippen molar-refractivity contribution in [1.82, 2.24) is 0 Å². The molecule has 1 aromatic carbocycles. The minimum absolute atomic E-state index is 0.283. The lowest BCUT2D eigenvalue weighted by Gasteiger charge is -2.10. The van der Waals surface area contributed by atoms with Gasteiger partial charge in [0.25, 0.3) is 0 Å². The van der Waals surface area contributed by atoms with Gasteiger partial charge in [-0.25, -0.2) is 4.39 Å². The zero-order valence-electron chi connectivity index (χ0n) is 10.9. The van der Waals surface area contributed by atoms with E-state index in [1.165, 1.54) is 7.11 Å². The molecular formula is C13H18FNOSi. The molecule has 0 aliphatic rings. The summed E-state index contributed by atoms with van der Waals surface area (Å²) in [5.74, 6) is 2.94. The Kier molecular flexibility index (Phi) is 3.84. The molecular weight excluding hydrogens is 233 g/mol. The van der Waals surface area contributed by atoms with Crippen molar-refractivity contribution in [2.24, 2.45) is 0 Å². The number of hydrogen-bond donors (Lipinski definition) is 1. The van der Waals surface area contributed by atoms with Crippen LogP contribution in [-0.2, 0) is 0 Å². The second kappa shape index (κ2) is 4.80. The summed E-state index contributed by atoms with van der Waals surface area (Å²) in [6, 6.07) is 1.62. The Morgan fingerprint density at radius 3 is 2.41 bits per heavy atom. The van der Waals surface area contributed by atoms with Crippen molar-refractivity contribution in [2.45, 2.75) is 26.6 Å². The zero-order chi connectivity index (χ0) is 13.2. The normalized spacial score (nSPS) is 10.7. The van der Waals surface area contributed by atoms with Gasteiger partial charge >= 0.3 is 0 Å². The summed E-state index contributed by atoms with van der Waals surface area (Å²) >= 11 is 0. The van der Waals surface area contributed by atoms with Crippen LogP contribution < -0.4 is 10.5 Å². The molecule has 0 saturated heterocycles. The van der Waals surface area contributed by atoms with Crippen LogP contribution in [-0.4, -0.2) is 15.2 Å². The lowest BCUT2D eigenvalue weighted by molar-refractivity contribution is 0.407. The van der Waals surface area contributed by atoms with Crippen molar-refractivity contribution in [2.75, 3.05) is 12.8 Å². The van der Waals surface area contributed by atoms with Gasteiger partial charge in [0, 0.05) is 11.6 Å². The van der Waals surface area contributed by atoms with Gasteiger partial charge in [-0.15, -0.1) is 5.54 Å². The van der Waals surface area contributed by atoms with E-state index in [0.717, 1.165) is 0 Å². The van der Waals surface area contributed by atoms with Crippen molar-refractivity contribution < 1.29 is 9.13 Å². The van der Waals surface area contributed by atoms with Crippen molar-refractivity contribution in [3.63, 3.8) is 0 Å². The summed E-state index contributed by atoms with van der Waals surface area (Å²) in [6.45, 7) is 7.97. The number of nitrogens with two attached hydrogens (primary N) is 1. The first-order valence-corrected chi connectivity index (χ1v) is 8.92. The first kappa shape index (κ1) is 13.6. The van der Waals surface area contributed by atoms with Crippen LogP contribution in [0, 0.1) is 24.2 Å². The largest absolute Gasteiger partial charge is 0.496 e. The van der Waals surface area contributed by atoms with E-state index in [1.807, 2.05) is 0 Å². The smallest absolute Gasteiger partial charge is 0.147 e. The maximum absolute atomic E-state index is 14.0. The third-order valence-corrected chi connectivity index (χ3v) is 3.15. The van der Waals surface area contributed by atoms with Crippen molar-refractivity contribution in [3.05, 3.63) is 23.0 Å². The summed E-state index contributed by atoms with van der Waals surface area (Å²) in [5, 5.41) is 0. The van der Waals surface area contributed by atoms with Gasteiger partial charge in [0.1, 0.15) is 19.6 Å². The summed E-state index contributed by atoms with van der Waals surface area (Å²) in [6.07, 6.45) is 0. The second-order valence-electron chi connectivity index (χ2n) is 4.98. The highest BCUT2D eigenvalue weighted by molar-refractivity contribution is 6.83. The third kappa shape index (κ3) is 3.24. The molecule has 0 spiro atoms. The number of benzene rings is 1. The van der Waals surface area contributed by atoms with Crippen LogP contribution in [0.3, 0.4) is 0 Å².